The van der Waals surface area contributed by atoms with Crippen LogP contribution in [0.2, 0.25) is 0 Å². The van der Waals surface area contributed by atoms with E-state index < -0.39 is 6.29 Å². The molecule has 2 aliphatic heterocycles. The van der Waals surface area contributed by atoms with Gasteiger partial charge in [-0.25, -0.2) is 0 Å². The van der Waals surface area contributed by atoms with Crippen LogP contribution in [-0.4, -0.2) is 29.1 Å². The van der Waals surface area contributed by atoms with Crippen molar-refractivity contribution in [1.29, 1.82) is 0 Å². The Morgan fingerprint density at radius 2 is 1.84 bits per heavy atom. The van der Waals surface area contributed by atoms with Crippen molar-refractivity contribution in [3.63, 3.8) is 0 Å². The van der Waals surface area contributed by atoms with Crippen molar-refractivity contribution in [2.24, 2.45) is 5.92 Å². The van der Waals surface area contributed by atoms with Gasteiger partial charge in [0.2, 0.25) is 5.91 Å². The number of alkyl halides is 2. The van der Waals surface area contributed by atoms with Crippen molar-refractivity contribution in [1.82, 2.24) is 4.90 Å². The van der Waals surface area contributed by atoms with Crippen molar-refractivity contribution in [3.05, 3.63) is 52.0 Å². The summed E-state index contributed by atoms with van der Waals surface area (Å²) in [4.78, 5) is 27.4. The van der Waals surface area contributed by atoms with Crippen LogP contribution >= 0.6 is 15.9 Å². The third-order valence-corrected chi connectivity index (χ3v) is 6.86. The standard InChI is InChI=1S/C22H19BrF2N2O4/c23-17-3-1-2-15-16(17)11-27(21(15)29)14-7-4-12(5-8-14)20(28)26-13-6-9-18-19(10-13)31-22(24,25)30-18/h1-3,6,9-10,12,14H,4-5,7-8,11H2,(H,26,28). The molecule has 5 rings (SSSR count). The van der Waals surface area contributed by atoms with Gasteiger partial charge in [0.05, 0.1) is 0 Å². The summed E-state index contributed by atoms with van der Waals surface area (Å²) < 4.78 is 36.1. The number of halogens is 3. The van der Waals surface area contributed by atoms with Gasteiger partial charge in [0.1, 0.15) is 0 Å². The Balaban J connectivity index is 1.19. The third kappa shape index (κ3) is 3.75. The van der Waals surface area contributed by atoms with Crippen molar-refractivity contribution in [2.75, 3.05) is 5.32 Å². The summed E-state index contributed by atoms with van der Waals surface area (Å²) in [5, 5.41) is 2.78. The van der Waals surface area contributed by atoms with Gasteiger partial charge in [-0.1, -0.05) is 22.0 Å². The van der Waals surface area contributed by atoms with E-state index in [0.717, 1.165) is 28.4 Å². The number of nitrogens with one attached hydrogen (secondary N) is 1. The number of amides is 2. The first kappa shape index (κ1) is 20.2. The zero-order chi connectivity index (χ0) is 21.8. The van der Waals surface area contributed by atoms with Crippen molar-refractivity contribution in [2.45, 2.75) is 44.6 Å². The van der Waals surface area contributed by atoms with Crippen LogP contribution in [0.1, 0.15) is 41.6 Å². The van der Waals surface area contributed by atoms with E-state index in [1.54, 1.807) is 0 Å². The molecule has 1 N–H and O–H groups in total. The number of carbonyl (C=O) groups is 2. The highest BCUT2D eigenvalue weighted by molar-refractivity contribution is 9.10. The second kappa shape index (κ2) is 7.47. The van der Waals surface area contributed by atoms with Gasteiger partial charge in [0, 0.05) is 40.3 Å². The molecular weight excluding hydrogens is 474 g/mol. The van der Waals surface area contributed by atoms with Gasteiger partial charge in [0.25, 0.3) is 5.91 Å². The number of nitrogens with zero attached hydrogens (tertiary/aromatic N) is 1. The highest BCUT2D eigenvalue weighted by Crippen LogP contribution is 2.42. The lowest BCUT2D eigenvalue weighted by Crippen LogP contribution is -2.40. The average molecular weight is 493 g/mol. The topological polar surface area (TPSA) is 67.9 Å². The minimum absolute atomic E-state index is 0.0429. The van der Waals surface area contributed by atoms with Gasteiger partial charge in [-0.3, -0.25) is 9.59 Å². The Morgan fingerprint density at radius 1 is 1.10 bits per heavy atom. The van der Waals surface area contributed by atoms with E-state index in [1.807, 2.05) is 23.1 Å². The molecule has 1 saturated carbocycles. The molecule has 2 aromatic carbocycles. The molecule has 0 bridgehead atoms. The highest BCUT2D eigenvalue weighted by atomic mass is 79.9. The van der Waals surface area contributed by atoms with Gasteiger partial charge < -0.3 is 19.7 Å². The van der Waals surface area contributed by atoms with Gasteiger partial charge >= 0.3 is 6.29 Å². The first-order chi connectivity index (χ1) is 14.8. The summed E-state index contributed by atoms with van der Waals surface area (Å²) in [5.41, 5.74) is 2.13. The molecule has 9 heteroatoms. The maximum Gasteiger partial charge on any atom is 0.586 e. The van der Waals surface area contributed by atoms with Crippen LogP contribution in [0.15, 0.2) is 40.9 Å². The molecule has 0 unspecified atom stereocenters. The quantitative estimate of drug-likeness (QED) is 0.659. The first-order valence-electron chi connectivity index (χ1n) is 10.1. The normalized spacial score (nSPS) is 23.6. The lowest BCUT2D eigenvalue weighted by molar-refractivity contribution is -0.286. The number of anilines is 1. The fourth-order valence-corrected chi connectivity index (χ4v) is 5.02. The maximum atomic E-state index is 13.2. The number of hydrogen-bond donors (Lipinski definition) is 1. The van der Waals surface area contributed by atoms with Crippen LogP contribution in [0.4, 0.5) is 14.5 Å². The lowest BCUT2D eigenvalue weighted by atomic mass is 9.84. The number of carbonyl (C=O) groups excluding carboxylic acids is 2. The summed E-state index contributed by atoms with van der Waals surface area (Å²) in [6.45, 7) is 0.582. The van der Waals surface area contributed by atoms with Crippen LogP contribution in [0, 0.1) is 5.92 Å². The van der Waals surface area contributed by atoms with Gasteiger partial charge in [0.15, 0.2) is 11.5 Å². The summed E-state index contributed by atoms with van der Waals surface area (Å²) in [7, 11) is 0. The molecule has 1 aliphatic carbocycles. The summed E-state index contributed by atoms with van der Waals surface area (Å²) in [5.74, 6) is -0.490. The van der Waals surface area contributed by atoms with Crippen molar-refractivity contribution < 1.29 is 27.8 Å². The molecule has 0 spiro atoms. The molecule has 0 atom stereocenters. The zero-order valence-electron chi connectivity index (χ0n) is 16.4. The predicted octanol–water partition coefficient (Wildman–Crippen LogP) is 4.92. The van der Waals surface area contributed by atoms with Crippen LogP contribution in [0.25, 0.3) is 0 Å². The monoisotopic (exact) mass is 492 g/mol. The van der Waals surface area contributed by atoms with Crippen molar-refractivity contribution in [3.8, 4) is 11.5 Å². The Bertz CT molecular complexity index is 1070. The molecule has 0 saturated heterocycles. The fourth-order valence-electron chi connectivity index (χ4n) is 4.53. The number of rotatable bonds is 3. The van der Waals surface area contributed by atoms with Crippen molar-refractivity contribution >= 4 is 33.4 Å². The molecule has 2 amide bonds. The van der Waals surface area contributed by atoms with Crippen LogP contribution in [-0.2, 0) is 11.3 Å². The average Bonchev–Trinajstić information content (AvgIpc) is 3.24. The second-order valence-electron chi connectivity index (χ2n) is 8.02. The Hall–Kier alpha value is -2.68. The number of benzene rings is 2. The molecule has 1 fully saturated rings. The first-order valence-corrected chi connectivity index (χ1v) is 10.9. The van der Waals surface area contributed by atoms with E-state index >= 15 is 0 Å². The summed E-state index contributed by atoms with van der Waals surface area (Å²) in [6, 6.07) is 9.93. The Morgan fingerprint density at radius 3 is 2.58 bits per heavy atom. The Kier molecular flexibility index (Phi) is 4.88. The largest absolute Gasteiger partial charge is 0.586 e. The van der Waals surface area contributed by atoms with E-state index in [4.69, 9.17) is 0 Å². The molecular formula is C22H19BrF2N2O4. The molecule has 31 heavy (non-hydrogen) atoms. The van der Waals surface area contributed by atoms with E-state index in [-0.39, 0.29) is 35.3 Å². The summed E-state index contributed by atoms with van der Waals surface area (Å²) >= 11 is 3.52. The highest BCUT2D eigenvalue weighted by Gasteiger charge is 2.43. The van der Waals surface area contributed by atoms with E-state index in [1.165, 1.54) is 18.2 Å². The third-order valence-electron chi connectivity index (χ3n) is 6.12. The van der Waals surface area contributed by atoms with Gasteiger partial charge in [-0.05, 0) is 55.5 Å². The van der Waals surface area contributed by atoms with E-state index in [2.05, 4.69) is 30.7 Å². The molecule has 162 valence electrons. The lowest BCUT2D eigenvalue weighted by Gasteiger charge is -2.34. The molecule has 0 radical (unpaired) electrons. The Labute approximate surface area is 185 Å². The van der Waals surface area contributed by atoms with Crippen LogP contribution < -0.4 is 14.8 Å². The van der Waals surface area contributed by atoms with E-state index in [0.29, 0.717) is 25.1 Å². The smallest absolute Gasteiger partial charge is 0.395 e. The molecule has 2 aromatic rings. The zero-order valence-corrected chi connectivity index (χ0v) is 18.0. The fraction of sp³-hybridized carbons (Fsp3) is 0.364. The second-order valence-corrected chi connectivity index (χ2v) is 8.88. The van der Waals surface area contributed by atoms with Crippen LogP contribution in [0.5, 0.6) is 11.5 Å². The molecule has 0 aromatic heterocycles. The minimum atomic E-state index is -3.69. The number of ether oxygens (including phenoxy) is 2. The van der Waals surface area contributed by atoms with Gasteiger partial charge in [-0.2, -0.15) is 0 Å². The number of fused-ring (bicyclic) bond motifs is 2. The molecule has 3 aliphatic rings. The summed E-state index contributed by atoms with van der Waals surface area (Å²) in [6.07, 6.45) is -0.905. The van der Waals surface area contributed by atoms with Gasteiger partial charge in [-0.15, -0.1) is 8.78 Å². The van der Waals surface area contributed by atoms with Crippen LogP contribution in [0.3, 0.4) is 0 Å². The SMILES string of the molecule is O=C(Nc1ccc2c(c1)OC(F)(F)O2)C1CCC(N2Cc3c(Br)cccc3C2=O)CC1. The number of hydrogen-bond acceptors (Lipinski definition) is 4. The molecule has 6 nitrogen and oxygen atoms in total. The van der Waals surface area contributed by atoms with E-state index in [9.17, 15) is 18.4 Å². The predicted molar refractivity (Wildman–Crippen MR) is 111 cm³/mol. The maximum absolute atomic E-state index is 13.2. The minimum Gasteiger partial charge on any atom is -0.395 e. The molecule has 2 heterocycles.